The number of hydrogen-bond donors (Lipinski definition) is 1. The van der Waals surface area contributed by atoms with Gasteiger partial charge >= 0.3 is 0 Å². The van der Waals surface area contributed by atoms with Crippen molar-refractivity contribution >= 4 is 23.2 Å². The van der Waals surface area contributed by atoms with Crippen LogP contribution >= 0.6 is 11.6 Å². The standard InChI is InChI=1S/C26H30ClN5O2/c1-6-28-24(33)14-22-26-31-30-16(4)32(26)23-10-8-19(34-5)13-20(23)25(29-22)17-7-9-21(27)18(12-17)11-15(2)3/h7-10,12-13,15,22H,6,11,14H2,1-5H3,(H,28,33)/t22-/m0/s1. The fourth-order valence-corrected chi connectivity index (χ4v) is 4.53. The number of hydrogen-bond acceptors (Lipinski definition) is 5. The molecule has 0 unspecified atom stereocenters. The van der Waals surface area contributed by atoms with Gasteiger partial charge in [0.1, 0.15) is 17.6 Å². The number of aryl methyl sites for hydroxylation is 1. The lowest BCUT2D eigenvalue weighted by Gasteiger charge is -2.15. The van der Waals surface area contributed by atoms with E-state index in [-0.39, 0.29) is 12.3 Å². The molecule has 2 heterocycles. The van der Waals surface area contributed by atoms with Crippen molar-refractivity contribution in [3.05, 3.63) is 69.8 Å². The van der Waals surface area contributed by atoms with E-state index in [2.05, 4.69) is 35.4 Å². The summed E-state index contributed by atoms with van der Waals surface area (Å²) >= 11 is 6.53. The van der Waals surface area contributed by atoms with Crippen LogP contribution in [0.5, 0.6) is 5.75 Å². The molecule has 1 aromatic heterocycles. The SMILES string of the molecule is CCNC(=O)C[C@@H]1N=C(c2ccc(Cl)c(CC(C)C)c2)c2cc(OC)ccc2-n2c(C)nnc21. The predicted octanol–water partition coefficient (Wildman–Crippen LogP) is 4.85. The molecule has 7 nitrogen and oxygen atoms in total. The third-order valence-corrected chi connectivity index (χ3v) is 6.20. The van der Waals surface area contributed by atoms with Crippen molar-refractivity contribution in [1.29, 1.82) is 0 Å². The summed E-state index contributed by atoms with van der Waals surface area (Å²) in [5.74, 6) is 2.47. The first-order chi connectivity index (χ1) is 16.3. The molecule has 1 amide bonds. The second-order valence-electron chi connectivity index (χ2n) is 8.88. The van der Waals surface area contributed by atoms with Crippen molar-refractivity contribution < 1.29 is 9.53 Å². The van der Waals surface area contributed by atoms with Gasteiger partial charge in [-0.15, -0.1) is 10.2 Å². The Kier molecular flexibility index (Phi) is 7.03. The van der Waals surface area contributed by atoms with Crippen molar-refractivity contribution in [2.45, 2.75) is 46.6 Å². The number of fused-ring (bicyclic) bond motifs is 3. The Balaban J connectivity index is 1.95. The third-order valence-electron chi connectivity index (χ3n) is 5.83. The van der Waals surface area contributed by atoms with Gasteiger partial charge in [-0.3, -0.25) is 14.4 Å². The van der Waals surface area contributed by atoms with Crippen molar-refractivity contribution in [2.75, 3.05) is 13.7 Å². The van der Waals surface area contributed by atoms with Gasteiger partial charge in [0.15, 0.2) is 5.82 Å². The maximum atomic E-state index is 12.6. The molecule has 8 heteroatoms. The smallest absolute Gasteiger partial charge is 0.222 e. The zero-order chi connectivity index (χ0) is 24.4. The minimum absolute atomic E-state index is 0.0806. The van der Waals surface area contributed by atoms with Crippen LogP contribution in [0, 0.1) is 12.8 Å². The minimum Gasteiger partial charge on any atom is -0.497 e. The molecule has 0 aliphatic carbocycles. The van der Waals surface area contributed by atoms with Gasteiger partial charge in [-0.05, 0) is 62.1 Å². The Morgan fingerprint density at radius 2 is 2.00 bits per heavy atom. The van der Waals surface area contributed by atoms with Crippen molar-refractivity contribution in [3.63, 3.8) is 0 Å². The van der Waals surface area contributed by atoms with Crippen molar-refractivity contribution in [2.24, 2.45) is 10.9 Å². The molecule has 0 radical (unpaired) electrons. The first-order valence-electron chi connectivity index (χ1n) is 11.6. The minimum atomic E-state index is -0.495. The molecule has 0 spiro atoms. The Labute approximate surface area is 205 Å². The fourth-order valence-electron chi connectivity index (χ4n) is 4.33. The fraction of sp³-hybridized carbons (Fsp3) is 0.385. The van der Waals surface area contributed by atoms with E-state index in [1.807, 2.05) is 48.7 Å². The number of carbonyl (C=O) groups excluding carboxylic acids is 1. The van der Waals surface area contributed by atoms with Gasteiger partial charge in [0.05, 0.1) is 24.9 Å². The number of nitrogens with zero attached hydrogens (tertiary/aromatic N) is 4. The van der Waals surface area contributed by atoms with E-state index < -0.39 is 6.04 Å². The number of nitrogens with one attached hydrogen (secondary N) is 1. The van der Waals surface area contributed by atoms with Crippen LogP contribution in [-0.2, 0) is 11.2 Å². The van der Waals surface area contributed by atoms with E-state index >= 15 is 0 Å². The highest BCUT2D eigenvalue weighted by Gasteiger charge is 2.30. The molecule has 1 aliphatic rings. The third kappa shape index (κ3) is 4.71. The number of halogens is 1. The van der Waals surface area contributed by atoms with Gasteiger partial charge in [-0.1, -0.05) is 31.5 Å². The van der Waals surface area contributed by atoms with Crippen LogP contribution in [0.2, 0.25) is 5.02 Å². The van der Waals surface area contributed by atoms with Gasteiger partial charge in [0.25, 0.3) is 0 Å². The van der Waals surface area contributed by atoms with Crippen LogP contribution < -0.4 is 10.1 Å². The number of aromatic nitrogens is 3. The number of benzene rings is 2. The molecule has 34 heavy (non-hydrogen) atoms. The number of amides is 1. The van der Waals surface area contributed by atoms with Gasteiger partial charge in [-0.2, -0.15) is 0 Å². The van der Waals surface area contributed by atoms with Crippen LogP contribution in [0.25, 0.3) is 5.69 Å². The van der Waals surface area contributed by atoms with E-state index in [4.69, 9.17) is 21.3 Å². The second kappa shape index (κ2) is 9.97. The quantitative estimate of drug-likeness (QED) is 0.525. The number of methoxy groups -OCH3 is 1. The van der Waals surface area contributed by atoms with Crippen molar-refractivity contribution in [1.82, 2.24) is 20.1 Å². The molecular formula is C26H30ClN5O2. The normalized spacial score (nSPS) is 14.8. The highest BCUT2D eigenvalue weighted by molar-refractivity contribution is 6.31. The van der Waals surface area contributed by atoms with Crippen molar-refractivity contribution in [3.8, 4) is 11.4 Å². The van der Waals surface area contributed by atoms with Gasteiger partial charge in [0, 0.05) is 22.7 Å². The number of rotatable bonds is 7. The molecule has 1 aliphatic heterocycles. The first-order valence-corrected chi connectivity index (χ1v) is 11.9. The summed E-state index contributed by atoms with van der Waals surface area (Å²) in [6, 6.07) is 11.4. The second-order valence-corrected chi connectivity index (χ2v) is 9.29. The van der Waals surface area contributed by atoms with Crippen LogP contribution in [0.4, 0.5) is 0 Å². The zero-order valence-corrected chi connectivity index (χ0v) is 21.0. The van der Waals surface area contributed by atoms with E-state index in [1.54, 1.807) is 7.11 Å². The average Bonchev–Trinajstić information content (AvgIpc) is 3.12. The summed E-state index contributed by atoms with van der Waals surface area (Å²) in [6.07, 6.45) is 1.03. The highest BCUT2D eigenvalue weighted by atomic mass is 35.5. The number of carbonyl (C=O) groups is 1. The Morgan fingerprint density at radius 1 is 1.21 bits per heavy atom. The zero-order valence-electron chi connectivity index (χ0n) is 20.2. The summed E-state index contributed by atoms with van der Waals surface area (Å²) in [5, 5.41) is 12.3. The summed E-state index contributed by atoms with van der Waals surface area (Å²) in [6.45, 7) is 8.70. The highest BCUT2D eigenvalue weighted by Crippen LogP contribution is 2.35. The first kappa shape index (κ1) is 24.0. The van der Waals surface area contributed by atoms with Crippen LogP contribution in [0.3, 0.4) is 0 Å². The monoisotopic (exact) mass is 479 g/mol. The molecule has 0 bridgehead atoms. The summed E-state index contributed by atoms with van der Waals surface area (Å²) in [7, 11) is 1.64. The van der Waals surface area contributed by atoms with E-state index in [0.717, 1.165) is 51.1 Å². The summed E-state index contributed by atoms with van der Waals surface area (Å²) in [4.78, 5) is 17.7. The Bertz CT molecular complexity index is 1250. The molecule has 0 fully saturated rings. The van der Waals surface area contributed by atoms with Crippen LogP contribution in [0.1, 0.15) is 61.6 Å². The predicted molar refractivity (Wildman–Crippen MR) is 134 cm³/mol. The molecule has 4 rings (SSSR count). The molecule has 178 valence electrons. The maximum absolute atomic E-state index is 12.6. The van der Waals surface area contributed by atoms with Gasteiger partial charge in [-0.25, -0.2) is 0 Å². The van der Waals surface area contributed by atoms with Gasteiger partial charge in [0.2, 0.25) is 5.91 Å². The Hall–Kier alpha value is -3.19. The molecule has 0 saturated carbocycles. The van der Waals surface area contributed by atoms with Crippen LogP contribution in [0.15, 0.2) is 41.4 Å². The van der Waals surface area contributed by atoms with Gasteiger partial charge < -0.3 is 10.1 Å². The largest absolute Gasteiger partial charge is 0.497 e. The molecular weight excluding hydrogens is 450 g/mol. The number of ether oxygens (including phenoxy) is 1. The van der Waals surface area contributed by atoms with Crippen LogP contribution in [-0.4, -0.2) is 40.0 Å². The molecule has 1 atom stereocenters. The summed E-state index contributed by atoms with van der Waals surface area (Å²) < 4.78 is 7.53. The molecule has 1 N–H and O–H groups in total. The topological polar surface area (TPSA) is 81.4 Å². The lowest BCUT2D eigenvalue weighted by atomic mass is 9.95. The van der Waals surface area contributed by atoms with E-state index in [1.165, 1.54) is 0 Å². The molecule has 3 aromatic rings. The van der Waals surface area contributed by atoms with E-state index in [0.29, 0.717) is 18.3 Å². The molecule has 0 saturated heterocycles. The Morgan fingerprint density at radius 3 is 2.71 bits per heavy atom. The van der Waals surface area contributed by atoms with E-state index in [9.17, 15) is 4.79 Å². The lowest BCUT2D eigenvalue weighted by molar-refractivity contribution is -0.121. The lowest BCUT2D eigenvalue weighted by Crippen LogP contribution is -2.25. The average molecular weight is 480 g/mol. The maximum Gasteiger partial charge on any atom is 0.222 e. The summed E-state index contributed by atoms with van der Waals surface area (Å²) in [5.41, 5.74) is 4.57. The number of aliphatic imine (C=N–C) groups is 1. The molecule has 2 aromatic carbocycles.